The van der Waals surface area contributed by atoms with Crippen LogP contribution < -0.4 is 16.4 Å². The number of carbonyl (C=O) groups excluding carboxylic acids is 3. The molecule has 5 N–H and O–H groups in total. The number of methoxy groups -OCH3 is 1. The average molecular weight is 467 g/mol. The number of amides is 2. The fourth-order valence-electron chi connectivity index (χ4n) is 3.99. The SMILES string of the molecule is COC(=O)c1ccc2c(c1C)CC[C@@H]2NC(=O)C(=N)/C=C(\N)C(=O)NCc1ccc(F)c(C)c1. The molecule has 178 valence electrons. The van der Waals surface area contributed by atoms with Gasteiger partial charge < -0.3 is 21.1 Å². The molecule has 3 rings (SSSR count). The molecule has 0 bridgehead atoms. The Balaban J connectivity index is 1.61. The van der Waals surface area contributed by atoms with Crippen molar-refractivity contribution in [1.82, 2.24) is 10.6 Å². The van der Waals surface area contributed by atoms with Gasteiger partial charge in [0.05, 0.1) is 24.4 Å². The second-order valence-corrected chi connectivity index (χ2v) is 8.14. The van der Waals surface area contributed by atoms with Crippen LogP contribution in [0.5, 0.6) is 0 Å². The first-order valence-corrected chi connectivity index (χ1v) is 10.7. The molecule has 1 atom stereocenters. The number of nitrogens with two attached hydrogens (primary N) is 1. The van der Waals surface area contributed by atoms with Gasteiger partial charge in [-0.3, -0.25) is 15.0 Å². The van der Waals surface area contributed by atoms with Crippen LogP contribution in [0, 0.1) is 25.1 Å². The predicted octanol–water partition coefficient (Wildman–Crippen LogP) is 2.51. The summed E-state index contributed by atoms with van der Waals surface area (Å²) in [6, 6.07) is 7.60. The van der Waals surface area contributed by atoms with Gasteiger partial charge in [0.1, 0.15) is 11.5 Å². The van der Waals surface area contributed by atoms with Crippen LogP contribution in [-0.4, -0.2) is 30.6 Å². The lowest BCUT2D eigenvalue weighted by Gasteiger charge is -2.15. The van der Waals surface area contributed by atoms with Gasteiger partial charge in [-0.05, 0) is 72.7 Å². The van der Waals surface area contributed by atoms with Crippen molar-refractivity contribution in [1.29, 1.82) is 5.41 Å². The Kier molecular flexibility index (Phi) is 7.45. The maximum Gasteiger partial charge on any atom is 0.338 e. The molecule has 0 radical (unpaired) electrons. The summed E-state index contributed by atoms with van der Waals surface area (Å²) < 4.78 is 18.2. The first kappa shape index (κ1) is 24.6. The monoisotopic (exact) mass is 466 g/mol. The van der Waals surface area contributed by atoms with E-state index in [1.165, 1.54) is 13.2 Å². The summed E-state index contributed by atoms with van der Waals surface area (Å²) in [5.41, 5.74) is 9.33. The van der Waals surface area contributed by atoms with E-state index in [2.05, 4.69) is 10.6 Å². The van der Waals surface area contributed by atoms with E-state index in [1.807, 2.05) is 6.92 Å². The fraction of sp³-hybridized carbons (Fsp3) is 0.280. The molecule has 2 aromatic carbocycles. The van der Waals surface area contributed by atoms with Gasteiger partial charge in [0, 0.05) is 6.54 Å². The minimum absolute atomic E-state index is 0.125. The number of halogens is 1. The van der Waals surface area contributed by atoms with Crippen molar-refractivity contribution in [2.75, 3.05) is 7.11 Å². The molecule has 2 amide bonds. The number of hydrogen-bond donors (Lipinski definition) is 4. The van der Waals surface area contributed by atoms with Gasteiger partial charge in [-0.15, -0.1) is 0 Å². The number of nitrogens with one attached hydrogen (secondary N) is 3. The molecule has 0 unspecified atom stereocenters. The van der Waals surface area contributed by atoms with Crippen molar-refractivity contribution < 1.29 is 23.5 Å². The standard InChI is InChI=1S/C25H27FN4O4/c1-13-10-15(4-8-19(13)26)12-29-23(31)20(27)11-21(28)24(32)30-22-9-7-16-14(2)17(25(33)34-3)5-6-18(16)22/h4-6,8,10-11,22,28H,7,9,12,27H2,1-3H3,(H,29,31)(H,30,32)/b20-11-,28-21?/t22-/m0/s1. The van der Waals surface area contributed by atoms with Crippen LogP contribution in [0.2, 0.25) is 0 Å². The first-order valence-electron chi connectivity index (χ1n) is 10.7. The number of rotatable bonds is 7. The maximum absolute atomic E-state index is 13.4. The highest BCUT2D eigenvalue weighted by Gasteiger charge is 2.28. The van der Waals surface area contributed by atoms with Crippen molar-refractivity contribution in [3.05, 3.63) is 81.3 Å². The number of esters is 1. The zero-order valence-corrected chi connectivity index (χ0v) is 19.3. The number of carbonyl (C=O) groups is 3. The van der Waals surface area contributed by atoms with E-state index in [0.717, 1.165) is 22.8 Å². The Hall–Kier alpha value is -4.01. The molecule has 34 heavy (non-hydrogen) atoms. The fourth-order valence-corrected chi connectivity index (χ4v) is 3.99. The molecule has 0 aliphatic heterocycles. The minimum Gasteiger partial charge on any atom is -0.465 e. The van der Waals surface area contributed by atoms with Crippen molar-refractivity contribution in [3.63, 3.8) is 0 Å². The second kappa shape index (κ2) is 10.3. The van der Waals surface area contributed by atoms with Crippen LogP contribution in [0.15, 0.2) is 42.1 Å². The molecule has 1 aliphatic rings. The number of aryl methyl sites for hydroxylation is 1. The molecule has 0 heterocycles. The van der Waals surface area contributed by atoms with E-state index in [1.54, 1.807) is 31.2 Å². The zero-order valence-electron chi connectivity index (χ0n) is 19.3. The van der Waals surface area contributed by atoms with Gasteiger partial charge >= 0.3 is 5.97 Å². The smallest absolute Gasteiger partial charge is 0.338 e. The van der Waals surface area contributed by atoms with E-state index < -0.39 is 23.5 Å². The summed E-state index contributed by atoms with van der Waals surface area (Å²) in [4.78, 5) is 36.7. The molecule has 0 saturated carbocycles. The molecule has 0 fully saturated rings. The van der Waals surface area contributed by atoms with Gasteiger partial charge in [0.2, 0.25) is 0 Å². The Morgan fingerprint density at radius 3 is 2.62 bits per heavy atom. The van der Waals surface area contributed by atoms with Crippen molar-refractivity contribution in [3.8, 4) is 0 Å². The Labute approximate surface area is 196 Å². The number of fused-ring (bicyclic) bond motifs is 1. The molecule has 0 spiro atoms. The summed E-state index contributed by atoms with van der Waals surface area (Å²) in [6.45, 7) is 3.59. The molecular weight excluding hydrogens is 439 g/mol. The van der Waals surface area contributed by atoms with Crippen LogP contribution in [0.25, 0.3) is 0 Å². The predicted molar refractivity (Wildman–Crippen MR) is 125 cm³/mol. The van der Waals surface area contributed by atoms with Crippen molar-refractivity contribution >= 4 is 23.5 Å². The van der Waals surface area contributed by atoms with Gasteiger partial charge in [0.25, 0.3) is 11.8 Å². The third-order valence-corrected chi connectivity index (χ3v) is 5.89. The van der Waals surface area contributed by atoms with E-state index in [9.17, 15) is 18.8 Å². The third-order valence-electron chi connectivity index (χ3n) is 5.89. The summed E-state index contributed by atoms with van der Waals surface area (Å²) >= 11 is 0. The second-order valence-electron chi connectivity index (χ2n) is 8.14. The highest BCUT2D eigenvalue weighted by atomic mass is 19.1. The van der Waals surface area contributed by atoms with E-state index in [0.29, 0.717) is 29.5 Å². The lowest BCUT2D eigenvalue weighted by atomic mass is 9.98. The lowest BCUT2D eigenvalue weighted by molar-refractivity contribution is -0.117. The summed E-state index contributed by atoms with van der Waals surface area (Å²) in [7, 11) is 1.33. The van der Waals surface area contributed by atoms with Crippen LogP contribution in [0.4, 0.5) is 4.39 Å². The molecule has 9 heteroatoms. The molecular formula is C25H27FN4O4. The molecule has 0 aromatic heterocycles. The van der Waals surface area contributed by atoms with Gasteiger partial charge in [-0.25, -0.2) is 9.18 Å². The summed E-state index contributed by atoms with van der Waals surface area (Å²) in [5.74, 6) is -2.06. The van der Waals surface area contributed by atoms with E-state index in [4.69, 9.17) is 15.9 Å². The van der Waals surface area contributed by atoms with Gasteiger partial charge in [0.15, 0.2) is 0 Å². The van der Waals surface area contributed by atoms with Crippen molar-refractivity contribution in [2.45, 2.75) is 39.3 Å². The van der Waals surface area contributed by atoms with Crippen molar-refractivity contribution in [2.24, 2.45) is 5.73 Å². The third kappa shape index (κ3) is 5.31. The number of hydrogen-bond acceptors (Lipinski definition) is 6. The lowest BCUT2D eigenvalue weighted by Crippen LogP contribution is -2.34. The molecule has 0 saturated heterocycles. The number of ether oxygens (including phenoxy) is 1. The Morgan fingerprint density at radius 2 is 1.94 bits per heavy atom. The largest absolute Gasteiger partial charge is 0.465 e. The zero-order chi connectivity index (χ0) is 25.0. The summed E-state index contributed by atoms with van der Waals surface area (Å²) in [6.07, 6.45) is 2.30. The topological polar surface area (TPSA) is 134 Å². The Morgan fingerprint density at radius 1 is 1.21 bits per heavy atom. The molecule has 8 nitrogen and oxygen atoms in total. The summed E-state index contributed by atoms with van der Waals surface area (Å²) in [5, 5.41) is 13.4. The van der Waals surface area contributed by atoms with E-state index in [-0.39, 0.29) is 24.1 Å². The van der Waals surface area contributed by atoms with E-state index >= 15 is 0 Å². The first-order chi connectivity index (χ1) is 16.1. The highest BCUT2D eigenvalue weighted by Crippen LogP contribution is 2.34. The highest BCUT2D eigenvalue weighted by molar-refractivity contribution is 6.42. The number of benzene rings is 2. The van der Waals surface area contributed by atoms with Crippen LogP contribution in [0.1, 0.15) is 50.6 Å². The van der Waals surface area contributed by atoms with Gasteiger partial charge in [-0.1, -0.05) is 18.2 Å². The quantitative estimate of drug-likeness (QED) is 0.283. The average Bonchev–Trinajstić information content (AvgIpc) is 3.22. The van der Waals surface area contributed by atoms with Crippen LogP contribution in [0.3, 0.4) is 0 Å². The normalized spacial score (nSPS) is 14.8. The Bertz CT molecular complexity index is 1210. The van der Waals surface area contributed by atoms with Gasteiger partial charge in [-0.2, -0.15) is 0 Å². The minimum atomic E-state index is -0.669. The van der Waals surface area contributed by atoms with Crippen LogP contribution in [-0.2, 0) is 27.3 Å². The molecule has 2 aromatic rings. The molecule has 1 aliphatic carbocycles. The van der Waals surface area contributed by atoms with Crippen LogP contribution >= 0.6 is 0 Å². The maximum atomic E-state index is 13.4.